The lowest BCUT2D eigenvalue weighted by Crippen LogP contribution is -2.41. The van der Waals surface area contributed by atoms with Gasteiger partial charge in [-0.05, 0) is 25.8 Å². The maximum atomic E-state index is 11.6. The average Bonchev–Trinajstić information content (AvgIpc) is 3.47. The Kier molecular flexibility index (Phi) is 7.82. The fourth-order valence-electron chi connectivity index (χ4n) is 2.29. The number of para-hydroxylation sites is 1. The van der Waals surface area contributed by atoms with Gasteiger partial charge in [-0.3, -0.25) is 4.79 Å². The van der Waals surface area contributed by atoms with Crippen LogP contribution in [0.15, 0.2) is 41.9 Å². The number of hydrogen-bond donors (Lipinski definition) is 3. The summed E-state index contributed by atoms with van der Waals surface area (Å²) in [6.45, 7) is 8.68. The summed E-state index contributed by atoms with van der Waals surface area (Å²) in [5.74, 6) is 1.95. The number of benzene rings is 1. The topological polar surface area (TPSA) is 74.8 Å². The molecule has 0 aliphatic heterocycles. The van der Waals surface area contributed by atoms with Gasteiger partial charge in [-0.1, -0.05) is 30.9 Å². The minimum atomic E-state index is 0.164. The molecule has 1 aromatic carbocycles. The van der Waals surface area contributed by atoms with E-state index in [1.807, 2.05) is 31.2 Å². The van der Waals surface area contributed by atoms with Crippen LogP contribution in [-0.4, -0.2) is 38.1 Å². The zero-order chi connectivity index (χ0) is 17.9. The summed E-state index contributed by atoms with van der Waals surface area (Å²) in [7, 11) is 0. The molecule has 0 aromatic heterocycles. The van der Waals surface area contributed by atoms with Gasteiger partial charge in [0.25, 0.3) is 0 Å². The van der Waals surface area contributed by atoms with E-state index in [-0.39, 0.29) is 11.8 Å². The van der Waals surface area contributed by atoms with Gasteiger partial charge in [0.05, 0.1) is 6.54 Å². The van der Waals surface area contributed by atoms with Gasteiger partial charge in [0.2, 0.25) is 5.91 Å². The van der Waals surface area contributed by atoms with Crippen LogP contribution < -0.4 is 20.7 Å². The van der Waals surface area contributed by atoms with Crippen LogP contribution in [0.25, 0.3) is 0 Å². The zero-order valence-corrected chi connectivity index (χ0v) is 14.9. The van der Waals surface area contributed by atoms with Crippen LogP contribution in [0.1, 0.15) is 25.3 Å². The Morgan fingerprint density at radius 2 is 2.04 bits per heavy atom. The first-order chi connectivity index (χ1) is 12.2. The molecule has 2 rings (SSSR count). The molecule has 0 saturated heterocycles. The molecule has 0 spiro atoms. The van der Waals surface area contributed by atoms with Crippen LogP contribution in [0.2, 0.25) is 0 Å². The molecular formula is C19H28N4O2. The van der Waals surface area contributed by atoms with E-state index in [1.54, 1.807) is 6.08 Å². The summed E-state index contributed by atoms with van der Waals surface area (Å²) < 4.78 is 5.66. The molecule has 0 radical (unpaired) electrons. The van der Waals surface area contributed by atoms with E-state index in [0.29, 0.717) is 26.2 Å². The Bertz CT molecular complexity index is 597. The second kappa shape index (κ2) is 10.4. The van der Waals surface area contributed by atoms with E-state index in [4.69, 9.17) is 4.74 Å². The number of guanidine groups is 1. The number of hydrogen-bond acceptors (Lipinski definition) is 3. The second-order valence-corrected chi connectivity index (χ2v) is 5.89. The van der Waals surface area contributed by atoms with Crippen LogP contribution in [0, 0.1) is 5.92 Å². The fourth-order valence-corrected chi connectivity index (χ4v) is 2.29. The Hall–Kier alpha value is -2.50. The summed E-state index contributed by atoms with van der Waals surface area (Å²) in [5.41, 5.74) is 1.02. The number of nitrogens with one attached hydrogen (secondary N) is 3. The molecule has 0 unspecified atom stereocenters. The van der Waals surface area contributed by atoms with Crippen molar-refractivity contribution in [2.75, 3.05) is 26.2 Å². The molecule has 1 fully saturated rings. The SMILES string of the molecule is C=CCOc1ccccc1CN=C(NCC)NCCNC(=O)C1CC1. The molecule has 1 aliphatic rings. The highest BCUT2D eigenvalue weighted by Crippen LogP contribution is 2.28. The van der Waals surface area contributed by atoms with Crippen LogP contribution in [0.5, 0.6) is 5.75 Å². The fraction of sp³-hybridized carbons (Fsp3) is 0.474. The summed E-state index contributed by atoms with van der Waals surface area (Å²) in [6, 6.07) is 7.85. The Balaban J connectivity index is 1.83. The number of nitrogens with zero attached hydrogens (tertiary/aromatic N) is 1. The highest BCUT2D eigenvalue weighted by atomic mass is 16.5. The van der Waals surface area contributed by atoms with Gasteiger partial charge in [0, 0.05) is 31.1 Å². The van der Waals surface area contributed by atoms with Gasteiger partial charge in [-0.25, -0.2) is 4.99 Å². The molecule has 6 nitrogen and oxygen atoms in total. The molecule has 136 valence electrons. The van der Waals surface area contributed by atoms with E-state index in [9.17, 15) is 4.79 Å². The minimum absolute atomic E-state index is 0.164. The maximum absolute atomic E-state index is 11.6. The third-order valence-electron chi connectivity index (χ3n) is 3.75. The second-order valence-electron chi connectivity index (χ2n) is 5.89. The van der Waals surface area contributed by atoms with E-state index in [0.717, 1.165) is 36.7 Å². The molecule has 1 aromatic rings. The lowest BCUT2D eigenvalue weighted by Gasteiger charge is -2.13. The number of rotatable bonds is 10. The summed E-state index contributed by atoms with van der Waals surface area (Å²) in [5, 5.41) is 9.38. The first kappa shape index (κ1) is 18.8. The van der Waals surface area contributed by atoms with E-state index >= 15 is 0 Å². The van der Waals surface area contributed by atoms with Crippen molar-refractivity contribution < 1.29 is 9.53 Å². The average molecular weight is 344 g/mol. The molecule has 25 heavy (non-hydrogen) atoms. The summed E-state index contributed by atoms with van der Waals surface area (Å²) in [4.78, 5) is 16.2. The highest BCUT2D eigenvalue weighted by Gasteiger charge is 2.28. The largest absolute Gasteiger partial charge is 0.489 e. The quantitative estimate of drug-likeness (QED) is 0.262. The van der Waals surface area contributed by atoms with E-state index in [2.05, 4.69) is 27.5 Å². The normalized spacial score (nSPS) is 13.9. The third kappa shape index (κ3) is 6.87. The van der Waals surface area contributed by atoms with Crippen molar-refractivity contribution in [2.24, 2.45) is 10.9 Å². The smallest absolute Gasteiger partial charge is 0.223 e. The van der Waals surface area contributed by atoms with Gasteiger partial charge in [0.1, 0.15) is 12.4 Å². The minimum Gasteiger partial charge on any atom is -0.489 e. The monoisotopic (exact) mass is 344 g/mol. The molecule has 0 atom stereocenters. The van der Waals surface area contributed by atoms with E-state index in [1.165, 1.54) is 0 Å². The van der Waals surface area contributed by atoms with Crippen molar-refractivity contribution in [1.29, 1.82) is 0 Å². The standard InChI is InChI=1S/C19H28N4O2/c1-3-13-25-17-8-6-5-7-16(17)14-23-19(20-4-2)22-12-11-21-18(24)15-9-10-15/h3,5-8,15H,1,4,9-14H2,2H3,(H,21,24)(H2,20,22,23). The van der Waals surface area contributed by atoms with Crippen molar-refractivity contribution in [3.05, 3.63) is 42.5 Å². The molecule has 0 heterocycles. The molecule has 6 heteroatoms. The van der Waals surface area contributed by atoms with Gasteiger partial charge in [-0.15, -0.1) is 0 Å². The molecular weight excluding hydrogens is 316 g/mol. The number of carbonyl (C=O) groups excluding carboxylic acids is 1. The first-order valence-corrected chi connectivity index (χ1v) is 8.86. The van der Waals surface area contributed by atoms with Crippen molar-refractivity contribution >= 4 is 11.9 Å². The van der Waals surface area contributed by atoms with Crippen molar-refractivity contribution in [1.82, 2.24) is 16.0 Å². The Morgan fingerprint density at radius 3 is 2.76 bits per heavy atom. The maximum Gasteiger partial charge on any atom is 0.223 e. The zero-order valence-electron chi connectivity index (χ0n) is 14.9. The Labute approximate surface area is 149 Å². The lowest BCUT2D eigenvalue weighted by atomic mass is 10.2. The molecule has 1 aliphatic carbocycles. The van der Waals surface area contributed by atoms with Gasteiger partial charge < -0.3 is 20.7 Å². The molecule has 1 amide bonds. The van der Waals surface area contributed by atoms with E-state index < -0.39 is 0 Å². The summed E-state index contributed by atoms with van der Waals surface area (Å²) in [6.07, 6.45) is 3.77. The highest BCUT2D eigenvalue weighted by molar-refractivity contribution is 5.81. The first-order valence-electron chi connectivity index (χ1n) is 8.86. The number of aliphatic imine (C=N–C) groups is 1. The van der Waals surface area contributed by atoms with Crippen LogP contribution in [0.3, 0.4) is 0 Å². The number of ether oxygens (including phenoxy) is 1. The van der Waals surface area contributed by atoms with Crippen LogP contribution in [0.4, 0.5) is 0 Å². The molecule has 3 N–H and O–H groups in total. The van der Waals surface area contributed by atoms with Gasteiger partial charge in [0.15, 0.2) is 5.96 Å². The predicted molar refractivity (Wildman–Crippen MR) is 101 cm³/mol. The Morgan fingerprint density at radius 1 is 1.28 bits per heavy atom. The van der Waals surface area contributed by atoms with Crippen LogP contribution in [-0.2, 0) is 11.3 Å². The van der Waals surface area contributed by atoms with Crippen molar-refractivity contribution in [2.45, 2.75) is 26.3 Å². The predicted octanol–water partition coefficient (Wildman–Crippen LogP) is 1.83. The van der Waals surface area contributed by atoms with Gasteiger partial charge in [-0.2, -0.15) is 0 Å². The lowest BCUT2D eigenvalue weighted by molar-refractivity contribution is -0.122. The van der Waals surface area contributed by atoms with Crippen molar-refractivity contribution in [3.8, 4) is 5.75 Å². The number of carbonyl (C=O) groups is 1. The summed E-state index contributed by atoms with van der Waals surface area (Å²) >= 11 is 0. The third-order valence-corrected chi connectivity index (χ3v) is 3.75. The molecule has 1 saturated carbocycles. The van der Waals surface area contributed by atoms with Gasteiger partial charge >= 0.3 is 0 Å². The van der Waals surface area contributed by atoms with Crippen molar-refractivity contribution in [3.63, 3.8) is 0 Å². The number of amides is 1. The molecule has 0 bridgehead atoms. The van der Waals surface area contributed by atoms with Crippen LogP contribution >= 0.6 is 0 Å².